The lowest BCUT2D eigenvalue weighted by Gasteiger charge is -2.33. The van der Waals surface area contributed by atoms with E-state index in [1.165, 1.54) is 0 Å². The maximum atomic E-state index is 11.1. The average molecular weight is 319 g/mol. The number of aromatic nitrogens is 1. The smallest absolute Gasteiger partial charge is 0.155 e. The molecule has 1 aromatic rings. The number of aldehydes is 1. The molecule has 0 amide bonds. The van der Waals surface area contributed by atoms with Gasteiger partial charge in [0.25, 0.3) is 0 Å². The van der Waals surface area contributed by atoms with Gasteiger partial charge in [-0.3, -0.25) is 4.79 Å². The summed E-state index contributed by atoms with van der Waals surface area (Å²) >= 11 is 9.35. The van der Waals surface area contributed by atoms with Crippen LogP contribution >= 0.6 is 27.5 Å². The third kappa shape index (κ3) is 2.61. The Morgan fingerprint density at radius 3 is 2.76 bits per heavy atom. The van der Waals surface area contributed by atoms with Crippen molar-refractivity contribution in [3.63, 3.8) is 0 Å². The van der Waals surface area contributed by atoms with E-state index in [1.54, 1.807) is 6.20 Å². The molecule has 1 aromatic heterocycles. The van der Waals surface area contributed by atoms with Gasteiger partial charge >= 0.3 is 0 Å². The Kier molecular flexibility index (Phi) is 4.01. The minimum atomic E-state index is 0.244. The number of nitrogens with two attached hydrogens (primary N) is 1. The van der Waals surface area contributed by atoms with Gasteiger partial charge in [0, 0.05) is 25.3 Å². The van der Waals surface area contributed by atoms with Crippen molar-refractivity contribution in [1.29, 1.82) is 0 Å². The number of hydrogen-bond acceptors (Lipinski definition) is 4. The van der Waals surface area contributed by atoms with Crippen molar-refractivity contribution >= 4 is 39.5 Å². The first kappa shape index (κ1) is 12.8. The zero-order valence-electron chi connectivity index (χ0n) is 9.20. The van der Waals surface area contributed by atoms with E-state index in [2.05, 4.69) is 25.8 Å². The second kappa shape index (κ2) is 5.33. The molecule has 0 bridgehead atoms. The summed E-state index contributed by atoms with van der Waals surface area (Å²) in [5, 5.41) is 0.244. The van der Waals surface area contributed by atoms with Gasteiger partial charge in [0.15, 0.2) is 6.29 Å². The maximum Gasteiger partial charge on any atom is 0.155 e. The molecule has 0 spiro atoms. The van der Waals surface area contributed by atoms with Gasteiger partial charge in [-0.1, -0.05) is 11.6 Å². The third-order valence-corrected chi connectivity index (χ3v) is 3.85. The van der Waals surface area contributed by atoms with E-state index in [4.69, 9.17) is 17.3 Å². The highest BCUT2D eigenvalue weighted by Gasteiger charge is 2.22. The highest BCUT2D eigenvalue weighted by molar-refractivity contribution is 9.10. The molecule has 0 unspecified atom stereocenters. The van der Waals surface area contributed by atoms with Gasteiger partial charge in [-0.15, -0.1) is 0 Å². The van der Waals surface area contributed by atoms with Crippen molar-refractivity contribution in [1.82, 2.24) is 4.98 Å². The van der Waals surface area contributed by atoms with Crippen molar-refractivity contribution < 1.29 is 4.79 Å². The summed E-state index contributed by atoms with van der Waals surface area (Å²) in [5.41, 5.74) is 7.13. The molecule has 2 rings (SSSR count). The van der Waals surface area contributed by atoms with Crippen LogP contribution in [0.15, 0.2) is 10.7 Å². The molecular formula is C11H13BrClN3O. The molecule has 0 radical (unpaired) electrons. The molecule has 6 heteroatoms. The van der Waals surface area contributed by atoms with Crippen LogP contribution in [0.3, 0.4) is 0 Å². The van der Waals surface area contributed by atoms with Crippen LogP contribution in [0.5, 0.6) is 0 Å². The number of pyridine rings is 1. The molecule has 4 nitrogen and oxygen atoms in total. The Bertz CT molecular complexity index is 433. The quantitative estimate of drug-likeness (QED) is 0.671. The van der Waals surface area contributed by atoms with E-state index in [0.29, 0.717) is 5.56 Å². The van der Waals surface area contributed by atoms with Crippen molar-refractivity contribution in [3.8, 4) is 0 Å². The Morgan fingerprint density at radius 1 is 1.53 bits per heavy atom. The van der Waals surface area contributed by atoms with E-state index >= 15 is 0 Å². The fourth-order valence-corrected chi connectivity index (χ4v) is 2.77. The molecule has 0 saturated carbocycles. The lowest BCUT2D eigenvalue weighted by molar-refractivity contribution is 0.112. The van der Waals surface area contributed by atoms with Gasteiger partial charge in [0.2, 0.25) is 0 Å². The number of rotatable bonds is 2. The first-order valence-electron chi connectivity index (χ1n) is 5.43. The summed E-state index contributed by atoms with van der Waals surface area (Å²) in [4.78, 5) is 17.2. The van der Waals surface area contributed by atoms with Gasteiger partial charge in [-0.2, -0.15) is 0 Å². The van der Waals surface area contributed by atoms with Crippen LogP contribution in [0.2, 0.25) is 5.15 Å². The first-order chi connectivity index (χ1) is 8.13. The van der Waals surface area contributed by atoms with Crippen LogP contribution in [0.25, 0.3) is 0 Å². The third-order valence-electron chi connectivity index (χ3n) is 2.97. The number of hydrogen-bond donors (Lipinski definition) is 1. The maximum absolute atomic E-state index is 11.1. The van der Waals surface area contributed by atoms with Crippen LogP contribution in [-0.2, 0) is 0 Å². The van der Waals surface area contributed by atoms with Crippen LogP contribution in [0.4, 0.5) is 5.69 Å². The monoisotopic (exact) mass is 317 g/mol. The summed E-state index contributed by atoms with van der Waals surface area (Å²) in [5.74, 6) is 0. The topological polar surface area (TPSA) is 59.2 Å². The molecule has 1 aliphatic rings. The van der Waals surface area contributed by atoms with Gasteiger partial charge < -0.3 is 10.6 Å². The van der Waals surface area contributed by atoms with Gasteiger partial charge in [0.05, 0.1) is 15.7 Å². The summed E-state index contributed by atoms with van der Waals surface area (Å²) in [7, 11) is 0. The zero-order valence-corrected chi connectivity index (χ0v) is 11.5. The van der Waals surface area contributed by atoms with E-state index in [1.807, 2.05) is 0 Å². The Balaban J connectivity index is 2.37. The highest BCUT2D eigenvalue weighted by Crippen LogP contribution is 2.33. The van der Waals surface area contributed by atoms with Crippen molar-refractivity contribution in [2.45, 2.75) is 18.9 Å². The lowest BCUT2D eigenvalue weighted by Crippen LogP contribution is -2.40. The lowest BCUT2D eigenvalue weighted by atomic mass is 10.0. The fraction of sp³-hybridized carbons (Fsp3) is 0.455. The number of halogens is 2. The van der Waals surface area contributed by atoms with Crippen molar-refractivity contribution in [3.05, 3.63) is 21.4 Å². The molecule has 2 heterocycles. The Labute approximate surface area is 113 Å². The van der Waals surface area contributed by atoms with Crippen molar-refractivity contribution in [2.75, 3.05) is 18.0 Å². The van der Waals surface area contributed by atoms with Crippen molar-refractivity contribution in [2.24, 2.45) is 5.73 Å². The standard InChI is InChI=1S/C11H13BrClN3O/c12-9-5-15-11(13)8(6-17)10(9)16-3-1-7(14)2-4-16/h5-7H,1-4,14H2. The minimum absolute atomic E-state index is 0.244. The second-order valence-electron chi connectivity index (χ2n) is 4.10. The summed E-state index contributed by atoms with van der Waals surface area (Å²) in [6, 6.07) is 0.252. The van der Waals surface area contributed by atoms with E-state index in [0.717, 1.165) is 42.4 Å². The largest absolute Gasteiger partial charge is 0.370 e. The van der Waals surface area contributed by atoms with Crippen LogP contribution in [0, 0.1) is 0 Å². The average Bonchev–Trinajstić information content (AvgIpc) is 2.33. The summed E-state index contributed by atoms with van der Waals surface area (Å²) in [6.45, 7) is 1.67. The molecule has 92 valence electrons. The van der Waals surface area contributed by atoms with Crippen LogP contribution < -0.4 is 10.6 Å². The molecule has 0 atom stereocenters. The molecule has 1 aliphatic heterocycles. The molecular weight excluding hydrogens is 305 g/mol. The number of piperidine rings is 1. The fourth-order valence-electron chi connectivity index (χ4n) is 2.02. The van der Waals surface area contributed by atoms with Gasteiger partial charge in [0.1, 0.15) is 5.15 Å². The van der Waals surface area contributed by atoms with E-state index in [9.17, 15) is 4.79 Å². The van der Waals surface area contributed by atoms with Crippen LogP contribution in [-0.4, -0.2) is 30.4 Å². The summed E-state index contributed by atoms with van der Waals surface area (Å²) < 4.78 is 0.791. The van der Waals surface area contributed by atoms with E-state index < -0.39 is 0 Å². The van der Waals surface area contributed by atoms with E-state index in [-0.39, 0.29) is 11.2 Å². The normalized spacial score (nSPS) is 17.2. The number of carbonyl (C=O) groups is 1. The predicted octanol–water partition coefficient (Wildman–Crippen LogP) is 2.24. The molecule has 2 N–H and O–H groups in total. The Morgan fingerprint density at radius 2 is 2.18 bits per heavy atom. The first-order valence-corrected chi connectivity index (χ1v) is 6.60. The molecule has 0 aliphatic carbocycles. The molecule has 17 heavy (non-hydrogen) atoms. The second-order valence-corrected chi connectivity index (χ2v) is 5.31. The summed E-state index contributed by atoms with van der Waals surface area (Å²) in [6.07, 6.45) is 4.22. The van der Waals surface area contributed by atoms with Gasteiger partial charge in [-0.05, 0) is 28.8 Å². The van der Waals surface area contributed by atoms with Crippen LogP contribution in [0.1, 0.15) is 23.2 Å². The Hall–Kier alpha value is -0.650. The molecule has 1 fully saturated rings. The van der Waals surface area contributed by atoms with Gasteiger partial charge in [-0.25, -0.2) is 4.98 Å². The minimum Gasteiger partial charge on any atom is -0.370 e. The SMILES string of the molecule is NC1CCN(c2c(Br)cnc(Cl)c2C=O)CC1. The molecule has 1 saturated heterocycles. The molecule has 0 aromatic carbocycles. The predicted molar refractivity (Wildman–Crippen MR) is 71.8 cm³/mol. The number of nitrogens with zero attached hydrogens (tertiary/aromatic N) is 2. The highest BCUT2D eigenvalue weighted by atomic mass is 79.9. The zero-order chi connectivity index (χ0) is 12.4. The number of anilines is 1. The number of carbonyl (C=O) groups excluding carboxylic acids is 1.